The SMILES string of the molecule is CCC(=O)N1CC(N(C)C(C)=O)C1. The van der Waals surface area contributed by atoms with E-state index in [-0.39, 0.29) is 17.9 Å². The molecule has 0 radical (unpaired) electrons. The van der Waals surface area contributed by atoms with Crippen molar-refractivity contribution in [2.75, 3.05) is 20.1 Å². The highest BCUT2D eigenvalue weighted by atomic mass is 16.2. The van der Waals surface area contributed by atoms with Crippen LogP contribution >= 0.6 is 0 Å². The van der Waals surface area contributed by atoms with Crippen LogP contribution < -0.4 is 0 Å². The Balaban J connectivity index is 2.33. The van der Waals surface area contributed by atoms with Gasteiger partial charge in [0.1, 0.15) is 0 Å². The van der Waals surface area contributed by atoms with Gasteiger partial charge in [-0.25, -0.2) is 0 Å². The summed E-state index contributed by atoms with van der Waals surface area (Å²) >= 11 is 0. The molecule has 1 aliphatic rings. The third-order valence-electron chi connectivity index (χ3n) is 2.56. The quantitative estimate of drug-likeness (QED) is 0.610. The molecule has 74 valence electrons. The van der Waals surface area contributed by atoms with Crippen LogP contribution in [0.25, 0.3) is 0 Å². The largest absolute Gasteiger partial charge is 0.339 e. The van der Waals surface area contributed by atoms with Gasteiger partial charge >= 0.3 is 0 Å². The van der Waals surface area contributed by atoms with Crippen LogP contribution in [0.4, 0.5) is 0 Å². The van der Waals surface area contributed by atoms with E-state index in [1.54, 1.807) is 23.8 Å². The molecular formula is C9H16N2O2. The van der Waals surface area contributed by atoms with E-state index in [1.165, 1.54) is 0 Å². The summed E-state index contributed by atoms with van der Waals surface area (Å²) in [5, 5.41) is 0. The number of carbonyl (C=O) groups excluding carboxylic acids is 2. The van der Waals surface area contributed by atoms with Crippen LogP contribution in [-0.2, 0) is 9.59 Å². The number of likely N-dealkylation sites (N-methyl/N-ethyl adjacent to an activating group) is 1. The molecule has 0 aromatic heterocycles. The summed E-state index contributed by atoms with van der Waals surface area (Å²) in [4.78, 5) is 25.6. The van der Waals surface area contributed by atoms with E-state index in [2.05, 4.69) is 0 Å². The Kier molecular flexibility index (Phi) is 2.90. The second kappa shape index (κ2) is 3.77. The van der Waals surface area contributed by atoms with E-state index in [9.17, 15) is 9.59 Å². The zero-order valence-corrected chi connectivity index (χ0v) is 8.41. The van der Waals surface area contributed by atoms with Gasteiger partial charge in [-0.05, 0) is 0 Å². The first-order chi connectivity index (χ1) is 6.06. The van der Waals surface area contributed by atoms with Gasteiger partial charge in [-0.15, -0.1) is 0 Å². The molecule has 13 heavy (non-hydrogen) atoms. The Labute approximate surface area is 78.5 Å². The van der Waals surface area contributed by atoms with E-state index in [0.29, 0.717) is 19.5 Å². The Hall–Kier alpha value is -1.06. The lowest BCUT2D eigenvalue weighted by molar-refractivity contribution is -0.144. The van der Waals surface area contributed by atoms with E-state index in [0.717, 1.165) is 0 Å². The van der Waals surface area contributed by atoms with Gasteiger partial charge in [-0.1, -0.05) is 6.92 Å². The Morgan fingerprint density at radius 1 is 1.46 bits per heavy atom. The summed E-state index contributed by atoms with van der Waals surface area (Å²) in [6, 6.07) is 0.230. The minimum absolute atomic E-state index is 0.0635. The molecule has 1 saturated heterocycles. The molecule has 0 aromatic rings. The predicted molar refractivity (Wildman–Crippen MR) is 49.1 cm³/mol. The second-order valence-corrected chi connectivity index (χ2v) is 3.44. The summed E-state index contributed by atoms with van der Waals surface area (Å²) < 4.78 is 0. The van der Waals surface area contributed by atoms with E-state index >= 15 is 0 Å². The van der Waals surface area contributed by atoms with Gasteiger partial charge in [0.2, 0.25) is 11.8 Å². The van der Waals surface area contributed by atoms with Crippen molar-refractivity contribution >= 4 is 11.8 Å². The number of nitrogens with zero attached hydrogens (tertiary/aromatic N) is 2. The smallest absolute Gasteiger partial charge is 0.222 e. The van der Waals surface area contributed by atoms with Crippen molar-refractivity contribution in [1.29, 1.82) is 0 Å². The summed E-state index contributed by atoms with van der Waals surface area (Å²) in [6.45, 7) is 4.79. The van der Waals surface area contributed by atoms with Gasteiger partial charge in [0.25, 0.3) is 0 Å². The van der Waals surface area contributed by atoms with Gasteiger partial charge in [0.05, 0.1) is 6.04 Å². The molecule has 0 saturated carbocycles. The highest BCUT2D eigenvalue weighted by molar-refractivity contribution is 5.78. The maximum Gasteiger partial charge on any atom is 0.222 e. The lowest BCUT2D eigenvalue weighted by Crippen LogP contribution is -2.60. The van der Waals surface area contributed by atoms with Crippen molar-refractivity contribution in [3.05, 3.63) is 0 Å². The highest BCUT2D eigenvalue weighted by Crippen LogP contribution is 2.14. The maximum absolute atomic E-state index is 11.2. The van der Waals surface area contributed by atoms with Gasteiger partial charge < -0.3 is 9.80 Å². The van der Waals surface area contributed by atoms with Crippen LogP contribution in [0.2, 0.25) is 0 Å². The Morgan fingerprint density at radius 2 is 2.00 bits per heavy atom. The van der Waals surface area contributed by atoms with Crippen molar-refractivity contribution in [3.8, 4) is 0 Å². The molecule has 0 aliphatic carbocycles. The van der Waals surface area contributed by atoms with Crippen molar-refractivity contribution in [2.45, 2.75) is 26.3 Å². The van der Waals surface area contributed by atoms with Gasteiger partial charge in [-0.3, -0.25) is 9.59 Å². The van der Waals surface area contributed by atoms with Crippen LogP contribution in [-0.4, -0.2) is 47.8 Å². The molecule has 4 nitrogen and oxygen atoms in total. The third kappa shape index (κ3) is 1.99. The van der Waals surface area contributed by atoms with Crippen molar-refractivity contribution in [1.82, 2.24) is 9.80 Å². The van der Waals surface area contributed by atoms with Crippen molar-refractivity contribution in [3.63, 3.8) is 0 Å². The molecule has 1 aliphatic heterocycles. The van der Waals surface area contributed by atoms with Crippen LogP contribution in [0, 0.1) is 0 Å². The molecule has 1 fully saturated rings. The summed E-state index contributed by atoms with van der Waals surface area (Å²) in [5.74, 6) is 0.238. The molecule has 1 rings (SSSR count). The van der Waals surface area contributed by atoms with E-state index < -0.39 is 0 Å². The van der Waals surface area contributed by atoms with Gasteiger partial charge in [0.15, 0.2) is 0 Å². The van der Waals surface area contributed by atoms with Gasteiger partial charge in [-0.2, -0.15) is 0 Å². The van der Waals surface area contributed by atoms with Crippen LogP contribution in [0.1, 0.15) is 20.3 Å². The summed E-state index contributed by atoms with van der Waals surface area (Å²) in [7, 11) is 1.78. The molecule has 0 aromatic carbocycles. The van der Waals surface area contributed by atoms with Crippen LogP contribution in [0.3, 0.4) is 0 Å². The highest BCUT2D eigenvalue weighted by Gasteiger charge is 2.33. The molecule has 4 heteroatoms. The number of rotatable bonds is 2. The third-order valence-corrected chi connectivity index (χ3v) is 2.56. The zero-order chi connectivity index (χ0) is 10.0. The Bertz CT molecular complexity index is 222. The first-order valence-corrected chi connectivity index (χ1v) is 4.57. The molecule has 0 N–H and O–H groups in total. The first-order valence-electron chi connectivity index (χ1n) is 4.57. The minimum atomic E-state index is 0.0635. The second-order valence-electron chi connectivity index (χ2n) is 3.44. The van der Waals surface area contributed by atoms with E-state index in [1.807, 2.05) is 6.92 Å². The fraction of sp³-hybridized carbons (Fsp3) is 0.778. The number of likely N-dealkylation sites (tertiary alicyclic amines) is 1. The molecular weight excluding hydrogens is 168 g/mol. The van der Waals surface area contributed by atoms with Crippen molar-refractivity contribution < 1.29 is 9.59 Å². The van der Waals surface area contributed by atoms with E-state index in [4.69, 9.17) is 0 Å². The van der Waals surface area contributed by atoms with Crippen LogP contribution in [0.15, 0.2) is 0 Å². The lowest BCUT2D eigenvalue weighted by atomic mass is 10.1. The topological polar surface area (TPSA) is 40.6 Å². The molecule has 1 heterocycles. The normalized spacial score (nSPS) is 16.7. The fourth-order valence-corrected chi connectivity index (χ4v) is 1.38. The number of amides is 2. The first kappa shape index (κ1) is 10.0. The molecule has 0 bridgehead atoms. The number of hydrogen-bond donors (Lipinski definition) is 0. The molecule has 0 spiro atoms. The molecule has 0 atom stereocenters. The van der Waals surface area contributed by atoms with Crippen molar-refractivity contribution in [2.24, 2.45) is 0 Å². The summed E-state index contributed by atoms with van der Waals surface area (Å²) in [6.07, 6.45) is 0.552. The maximum atomic E-state index is 11.2. The molecule has 0 unspecified atom stereocenters. The predicted octanol–water partition coefficient (Wildman–Crippen LogP) is 0.0855. The standard InChI is InChI=1S/C9H16N2O2/c1-4-9(13)11-5-8(6-11)10(3)7(2)12/h8H,4-6H2,1-3H3. The number of hydrogen-bond acceptors (Lipinski definition) is 2. The Morgan fingerprint density at radius 3 is 2.38 bits per heavy atom. The monoisotopic (exact) mass is 184 g/mol. The zero-order valence-electron chi connectivity index (χ0n) is 8.41. The fourth-order valence-electron chi connectivity index (χ4n) is 1.38. The minimum Gasteiger partial charge on any atom is -0.339 e. The summed E-state index contributed by atoms with van der Waals surface area (Å²) in [5.41, 5.74) is 0. The molecule has 2 amide bonds. The van der Waals surface area contributed by atoms with Gasteiger partial charge in [0, 0.05) is 33.5 Å². The lowest BCUT2D eigenvalue weighted by Gasteiger charge is -2.43. The average Bonchev–Trinajstić information content (AvgIpc) is 2.00. The average molecular weight is 184 g/mol. The van der Waals surface area contributed by atoms with Crippen LogP contribution in [0.5, 0.6) is 0 Å². The number of carbonyl (C=O) groups is 2.